The highest BCUT2D eigenvalue weighted by atomic mass is 127. The largest absolute Gasteiger partial charge is 0.315 e. The van der Waals surface area contributed by atoms with Crippen LogP contribution in [0.3, 0.4) is 0 Å². The molecule has 0 amide bonds. The molecule has 0 unspecified atom stereocenters. The van der Waals surface area contributed by atoms with Crippen molar-refractivity contribution in [3.8, 4) is 0 Å². The van der Waals surface area contributed by atoms with Crippen LogP contribution >= 0.6 is 22.9 Å². The van der Waals surface area contributed by atoms with Gasteiger partial charge in [-0.05, 0) is 29.3 Å². The number of anilines is 1. The van der Waals surface area contributed by atoms with Crippen molar-refractivity contribution in [3.63, 3.8) is 0 Å². The summed E-state index contributed by atoms with van der Waals surface area (Å²) in [6.07, 6.45) is 1.18. The summed E-state index contributed by atoms with van der Waals surface area (Å²) in [7, 11) is 0. The molecule has 2 heteroatoms. The monoisotopic (exact) mass is 311 g/mol. The van der Waals surface area contributed by atoms with Gasteiger partial charge in [-0.1, -0.05) is 37.3 Å². The second-order valence-corrected chi connectivity index (χ2v) is 4.78. The van der Waals surface area contributed by atoms with Crippen LogP contribution in [-0.2, 0) is 0 Å². The van der Waals surface area contributed by atoms with Crippen LogP contribution in [0.2, 0.25) is 0 Å². The van der Waals surface area contributed by atoms with Gasteiger partial charge in [-0.3, -0.25) is 0 Å². The maximum Gasteiger partial charge on any atom is 0.0591 e. The van der Waals surface area contributed by atoms with Gasteiger partial charge < -0.3 is 3.11 Å². The number of rotatable bonds is 3. The van der Waals surface area contributed by atoms with Crippen molar-refractivity contribution in [3.05, 3.63) is 42.5 Å². The summed E-state index contributed by atoms with van der Waals surface area (Å²) >= 11 is 2.37. The lowest BCUT2D eigenvalue weighted by atomic mass is 10.1. The maximum atomic E-state index is 2.37. The molecule has 0 saturated heterocycles. The SMILES string of the molecule is CCCN(I)c1ccc2ccccc2c1. The van der Waals surface area contributed by atoms with Crippen molar-refractivity contribution >= 4 is 39.3 Å². The van der Waals surface area contributed by atoms with Crippen molar-refractivity contribution in [1.82, 2.24) is 0 Å². The molecule has 0 saturated carbocycles. The van der Waals surface area contributed by atoms with E-state index in [2.05, 4.69) is 75.4 Å². The van der Waals surface area contributed by atoms with Gasteiger partial charge in [-0.15, -0.1) is 0 Å². The van der Waals surface area contributed by atoms with Crippen molar-refractivity contribution in [2.24, 2.45) is 0 Å². The molecule has 0 spiro atoms. The highest BCUT2D eigenvalue weighted by Gasteiger charge is 2.01. The van der Waals surface area contributed by atoms with Crippen molar-refractivity contribution in [2.45, 2.75) is 13.3 Å². The molecule has 0 bridgehead atoms. The molecule has 1 nitrogen and oxygen atoms in total. The van der Waals surface area contributed by atoms with Gasteiger partial charge >= 0.3 is 0 Å². The highest BCUT2D eigenvalue weighted by Crippen LogP contribution is 2.24. The van der Waals surface area contributed by atoms with Gasteiger partial charge in [0.15, 0.2) is 0 Å². The molecule has 0 aromatic heterocycles. The van der Waals surface area contributed by atoms with Crippen LogP contribution in [0, 0.1) is 0 Å². The van der Waals surface area contributed by atoms with Crippen LogP contribution in [0.15, 0.2) is 42.5 Å². The van der Waals surface area contributed by atoms with Gasteiger partial charge in [-0.2, -0.15) is 0 Å². The summed E-state index contributed by atoms with van der Waals surface area (Å²) in [6.45, 7) is 3.30. The van der Waals surface area contributed by atoms with Gasteiger partial charge in [0.05, 0.1) is 22.9 Å². The first kappa shape index (κ1) is 10.7. The zero-order valence-electron chi connectivity index (χ0n) is 8.78. The number of halogens is 1. The minimum absolute atomic E-state index is 1.10. The van der Waals surface area contributed by atoms with Crippen LogP contribution in [0.5, 0.6) is 0 Å². The second kappa shape index (κ2) is 4.84. The Morgan fingerprint density at radius 2 is 1.80 bits per heavy atom. The molecular weight excluding hydrogens is 297 g/mol. The second-order valence-electron chi connectivity index (χ2n) is 3.62. The first-order valence-electron chi connectivity index (χ1n) is 5.23. The lowest BCUT2D eigenvalue weighted by Crippen LogP contribution is -2.09. The molecular formula is C13H14IN. The number of hydrogen-bond acceptors (Lipinski definition) is 1. The molecule has 15 heavy (non-hydrogen) atoms. The number of benzene rings is 2. The summed E-state index contributed by atoms with van der Waals surface area (Å²) in [5.74, 6) is 0. The fourth-order valence-corrected chi connectivity index (χ4v) is 2.44. The smallest absolute Gasteiger partial charge is 0.0591 e. The predicted octanol–water partition coefficient (Wildman–Crippen LogP) is 4.41. The number of fused-ring (bicyclic) bond motifs is 1. The molecule has 0 atom stereocenters. The Kier molecular flexibility index (Phi) is 3.46. The minimum Gasteiger partial charge on any atom is -0.315 e. The Morgan fingerprint density at radius 3 is 2.53 bits per heavy atom. The molecule has 0 aliphatic heterocycles. The van der Waals surface area contributed by atoms with E-state index in [1.165, 1.54) is 22.9 Å². The Morgan fingerprint density at radius 1 is 1.07 bits per heavy atom. The third kappa shape index (κ3) is 2.43. The molecule has 2 rings (SSSR count). The zero-order valence-corrected chi connectivity index (χ0v) is 10.9. The van der Waals surface area contributed by atoms with E-state index < -0.39 is 0 Å². The number of hydrogen-bond donors (Lipinski definition) is 0. The maximum absolute atomic E-state index is 2.37. The molecule has 0 aliphatic carbocycles. The fourth-order valence-electron chi connectivity index (χ4n) is 1.65. The molecule has 78 valence electrons. The third-order valence-corrected chi connectivity index (χ3v) is 3.47. The lowest BCUT2D eigenvalue weighted by Gasteiger charge is -2.15. The lowest BCUT2D eigenvalue weighted by molar-refractivity contribution is 0.946. The summed E-state index contributed by atoms with van der Waals surface area (Å²) in [6, 6.07) is 15.1. The van der Waals surface area contributed by atoms with Gasteiger partial charge in [0, 0.05) is 12.2 Å². The van der Waals surface area contributed by atoms with Crippen LogP contribution < -0.4 is 3.11 Å². The molecule has 0 radical (unpaired) electrons. The van der Waals surface area contributed by atoms with Crippen LogP contribution in [0.25, 0.3) is 10.8 Å². The van der Waals surface area contributed by atoms with Crippen molar-refractivity contribution < 1.29 is 0 Å². The average Bonchev–Trinajstić information content (AvgIpc) is 2.29. The Balaban J connectivity index is 2.38. The van der Waals surface area contributed by atoms with E-state index in [1.807, 2.05) is 0 Å². The summed E-state index contributed by atoms with van der Waals surface area (Å²) in [5, 5.41) is 2.62. The standard InChI is InChI=1S/C13H14IN/c1-2-9-15(14)13-8-7-11-5-3-4-6-12(11)10-13/h3-8,10H,2,9H2,1H3. The molecule has 0 fully saturated rings. The van der Waals surface area contributed by atoms with Crippen molar-refractivity contribution in [1.29, 1.82) is 0 Å². The topological polar surface area (TPSA) is 3.24 Å². The predicted molar refractivity (Wildman–Crippen MR) is 75.6 cm³/mol. The molecule has 0 heterocycles. The zero-order chi connectivity index (χ0) is 10.7. The van der Waals surface area contributed by atoms with Crippen molar-refractivity contribution in [2.75, 3.05) is 9.66 Å². The minimum atomic E-state index is 1.10. The van der Waals surface area contributed by atoms with E-state index in [0.717, 1.165) is 6.54 Å². The first-order chi connectivity index (χ1) is 7.31. The molecule has 2 aromatic carbocycles. The van der Waals surface area contributed by atoms with Gasteiger partial charge in [0.1, 0.15) is 0 Å². The van der Waals surface area contributed by atoms with Crippen LogP contribution in [-0.4, -0.2) is 6.54 Å². The Bertz CT molecular complexity index is 453. The van der Waals surface area contributed by atoms with E-state index in [0.29, 0.717) is 0 Å². The quantitative estimate of drug-likeness (QED) is 0.599. The average molecular weight is 311 g/mol. The molecule has 0 N–H and O–H groups in total. The third-order valence-electron chi connectivity index (χ3n) is 2.43. The first-order valence-corrected chi connectivity index (χ1v) is 6.20. The summed E-state index contributed by atoms with van der Waals surface area (Å²) in [4.78, 5) is 0. The van der Waals surface area contributed by atoms with Crippen LogP contribution in [0.1, 0.15) is 13.3 Å². The van der Waals surface area contributed by atoms with Gasteiger partial charge in [0.25, 0.3) is 0 Å². The molecule has 2 aromatic rings. The normalized spacial score (nSPS) is 10.5. The number of nitrogens with zero attached hydrogens (tertiary/aromatic N) is 1. The highest BCUT2D eigenvalue weighted by molar-refractivity contribution is 14.1. The summed E-state index contributed by atoms with van der Waals surface area (Å²) < 4.78 is 2.27. The fraction of sp³-hybridized carbons (Fsp3) is 0.231. The summed E-state index contributed by atoms with van der Waals surface area (Å²) in [5.41, 5.74) is 1.29. The Labute approximate surface area is 105 Å². The van der Waals surface area contributed by atoms with E-state index in [1.54, 1.807) is 0 Å². The van der Waals surface area contributed by atoms with Gasteiger partial charge in [0.2, 0.25) is 0 Å². The van der Waals surface area contributed by atoms with E-state index >= 15 is 0 Å². The van der Waals surface area contributed by atoms with Gasteiger partial charge in [-0.25, -0.2) is 0 Å². The van der Waals surface area contributed by atoms with E-state index in [-0.39, 0.29) is 0 Å². The Hall–Kier alpha value is -0.770. The van der Waals surface area contributed by atoms with E-state index in [9.17, 15) is 0 Å². The van der Waals surface area contributed by atoms with E-state index in [4.69, 9.17) is 0 Å². The van der Waals surface area contributed by atoms with Crippen LogP contribution in [0.4, 0.5) is 5.69 Å². The molecule has 0 aliphatic rings.